The third kappa shape index (κ3) is 3.62. The molecule has 2 bridgehead atoms. The van der Waals surface area contributed by atoms with Crippen LogP contribution in [0.2, 0.25) is 0 Å². The lowest BCUT2D eigenvalue weighted by Crippen LogP contribution is -3.13. The van der Waals surface area contributed by atoms with Crippen molar-refractivity contribution in [2.45, 2.75) is 13.0 Å². The van der Waals surface area contributed by atoms with Gasteiger partial charge in [0.1, 0.15) is 13.1 Å². The first-order chi connectivity index (χ1) is 16.5. The Hall–Kier alpha value is -3.07. The summed E-state index contributed by atoms with van der Waals surface area (Å²) in [5, 5.41) is 0. The maximum Gasteiger partial charge on any atom is 0.243 e. The van der Waals surface area contributed by atoms with Crippen LogP contribution in [-0.4, -0.2) is 81.6 Å². The molecule has 182 valence electrons. The number of methoxy groups -OCH3 is 3. The Balaban J connectivity index is 1.18. The minimum Gasteiger partial charge on any atom is -0.493 e. The summed E-state index contributed by atoms with van der Waals surface area (Å²) in [6.45, 7) is 3.30. The predicted molar refractivity (Wildman–Crippen MR) is 122 cm³/mol. The summed E-state index contributed by atoms with van der Waals surface area (Å²) >= 11 is 0. The topological polar surface area (TPSA) is 89.8 Å². The Morgan fingerprint density at radius 3 is 2.12 bits per heavy atom. The van der Waals surface area contributed by atoms with Gasteiger partial charge in [-0.2, -0.15) is 0 Å². The molecule has 9 nitrogen and oxygen atoms in total. The number of hydrogen-bond donors (Lipinski definition) is 1. The van der Waals surface area contributed by atoms with E-state index in [-0.39, 0.29) is 47.9 Å². The second-order valence-corrected chi connectivity index (χ2v) is 9.56. The van der Waals surface area contributed by atoms with Gasteiger partial charge < -0.3 is 24.0 Å². The zero-order valence-electron chi connectivity index (χ0n) is 19.9. The SMILES string of the molecule is COc1ccc(C[NH+]2CCN(C(=O)CN3C(=O)C4C5C=CC(C5)C4C3=O)CC2)c(OC)c1OC. The molecule has 34 heavy (non-hydrogen) atoms. The number of carbonyl (C=O) groups is 3. The zero-order chi connectivity index (χ0) is 24.0. The second-order valence-electron chi connectivity index (χ2n) is 9.56. The van der Waals surface area contributed by atoms with Crippen molar-refractivity contribution in [1.29, 1.82) is 0 Å². The van der Waals surface area contributed by atoms with Gasteiger partial charge in [-0.3, -0.25) is 19.3 Å². The van der Waals surface area contributed by atoms with Gasteiger partial charge >= 0.3 is 0 Å². The number of ether oxygens (including phenoxy) is 3. The summed E-state index contributed by atoms with van der Waals surface area (Å²) in [5.74, 6) is 1.19. The minimum atomic E-state index is -0.256. The number of quaternary nitrogens is 1. The number of benzene rings is 1. The highest BCUT2D eigenvalue weighted by molar-refractivity contribution is 6.08. The monoisotopic (exact) mass is 470 g/mol. The van der Waals surface area contributed by atoms with Gasteiger partial charge in [0.05, 0.1) is 64.9 Å². The van der Waals surface area contributed by atoms with Crippen LogP contribution in [0.1, 0.15) is 12.0 Å². The molecule has 2 heterocycles. The number of fused-ring (bicyclic) bond motifs is 5. The molecule has 2 aliphatic heterocycles. The third-order valence-electron chi connectivity index (χ3n) is 7.90. The summed E-state index contributed by atoms with van der Waals surface area (Å²) in [7, 11) is 4.80. The second kappa shape index (κ2) is 8.94. The molecule has 1 aromatic carbocycles. The molecule has 3 amide bonds. The van der Waals surface area contributed by atoms with Crippen LogP contribution in [0, 0.1) is 23.7 Å². The first kappa shape index (κ1) is 22.7. The molecule has 9 heteroatoms. The van der Waals surface area contributed by atoms with E-state index < -0.39 is 0 Å². The number of allylic oxidation sites excluding steroid dienone is 2. The fourth-order valence-corrected chi connectivity index (χ4v) is 6.18. The van der Waals surface area contributed by atoms with E-state index in [1.807, 2.05) is 12.1 Å². The van der Waals surface area contributed by atoms with Crippen molar-refractivity contribution in [2.24, 2.45) is 23.7 Å². The number of rotatable bonds is 7. The Kier molecular flexibility index (Phi) is 5.97. The van der Waals surface area contributed by atoms with Crippen LogP contribution in [0.5, 0.6) is 17.2 Å². The molecule has 0 spiro atoms. The lowest BCUT2D eigenvalue weighted by molar-refractivity contribution is -0.917. The van der Waals surface area contributed by atoms with Crippen LogP contribution in [0.3, 0.4) is 0 Å². The van der Waals surface area contributed by atoms with E-state index in [9.17, 15) is 14.4 Å². The van der Waals surface area contributed by atoms with Gasteiger partial charge in [0, 0.05) is 0 Å². The molecule has 4 atom stereocenters. The van der Waals surface area contributed by atoms with Crippen LogP contribution >= 0.6 is 0 Å². The van der Waals surface area contributed by atoms with Gasteiger partial charge in [-0.1, -0.05) is 12.2 Å². The molecule has 2 saturated heterocycles. The van der Waals surface area contributed by atoms with Crippen molar-refractivity contribution in [3.63, 3.8) is 0 Å². The molecule has 0 aromatic heterocycles. The fraction of sp³-hybridized carbons (Fsp3) is 0.560. The molecular formula is C25H32N3O6+. The lowest BCUT2D eigenvalue weighted by Gasteiger charge is -2.33. The van der Waals surface area contributed by atoms with Crippen LogP contribution in [0.15, 0.2) is 24.3 Å². The van der Waals surface area contributed by atoms with Crippen molar-refractivity contribution in [1.82, 2.24) is 9.80 Å². The fourth-order valence-electron chi connectivity index (χ4n) is 6.18. The highest BCUT2D eigenvalue weighted by Gasteiger charge is 2.59. The highest BCUT2D eigenvalue weighted by atomic mass is 16.5. The summed E-state index contributed by atoms with van der Waals surface area (Å²) in [5.41, 5.74) is 1.01. The summed E-state index contributed by atoms with van der Waals surface area (Å²) in [6.07, 6.45) is 5.03. The largest absolute Gasteiger partial charge is 0.493 e. The molecule has 1 aromatic rings. The van der Waals surface area contributed by atoms with Crippen LogP contribution < -0.4 is 19.1 Å². The van der Waals surface area contributed by atoms with Gasteiger partial charge in [-0.15, -0.1) is 0 Å². The molecule has 3 fully saturated rings. The third-order valence-corrected chi connectivity index (χ3v) is 7.90. The molecule has 4 unspecified atom stereocenters. The first-order valence-electron chi connectivity index (χ1n) is 11.9. The van der Waals surface area contributed by atoms with Gasteiger partial charge in [-0.05, 0) is 30.4 Å². The average Bonchev–Trinajstić information content (AvgIpc) is 3.54. The number of likely N-dealkylation sites (tertiary alicyclic amines) is 1. The number of carbonyl (C=O) groups excluding carboxylic acids is 3. The number of imide groups is 1. The lowest BCUT2D eigenvalue weighted by atomic mass is 9.85. The first-order valence-corrected chi connectivity index (χ1v) is 11.9. The van der Waals surface area contributed by atoms with Gasteiger partial charge in [0.25, 0.3) is 0 Å². The number of hydrogen-bond acceptors (Lipinski definition) is 6. The van der Waals surface area contributed by atoms with E-state index in [1.54, 1.807) is 26.2 Å². The van der Waals surface area contributed by atoms with Gasteiger partial charge in [0.2, 0.25) is 23.5 Å². The Morgan fingerprint density at radius 1 is 0.941 bits per heavy atom. The van der Waals surface area contributed by atoms with Crippen LogP contribution in [-0.2, 0) is 20.9 Å². The molecule has 0 radical (unpaired) electrons. The van der Waals surface area contributed by atoms with Crippen LogP contribution in [0.25, 0.3) is 0 Å². The average molecular weight is 471 g/mol. The van der Waals surface area contributed by atoms with Crippen molar-refractivity contribution in [3.05, 3.63) is 29.8 Å². The molecule has 4 aliphatic rings. The molecule has 5 rings (SSSR count). The minimum absolute atomic E-state index is 0.136. The molecule has 2 aliphatic carbocycles. The molecular weight excluding hydrogens is 438 g/mol. The van der Waals surface area contributed by atoms with Crippen molar-refractivity contribution < 1.29 is 33.5 Å². The van der Waals surface area contributed by atoms with E-state index in [0.717, 1.165) is 31.6 Å². The number of piperazine rings is 1. The highest BCUT2D eigenvalue weighted by Crippen LogP contribution is 2.52. The van der Waals surface area contributed by atoms with E-state index in [2.05, 4.69) is 12.2 Å². The van der Waals surface area contributed by atoms with Crippen molar-refractivity contribution >= 4 is 17.7 Å². The molecule has 1 N–H and O–H groups in total. The Labute approximate surface area is 199 Å². The number of nitrogens with one attached hydrogen (secondary N) is 1. The standard InChI is InChI=1S/C25H31N3O6/c1-32-18-7-6-17(22(33-2)23(18)34-3)13-26-8-10-27(11-9-26)19(29)14-28-24(30)20-15-4-5-16(12-15)21(20)25(28)31/h4-7,15-16,20-21H,8-14H2,1-3H3/p+1. The van der Waals surface area contributed by atoms with Crippen molar-refractivity contribution in [2.75, 3.05) is 54.1 Å². The van der Waals surface area contributed by atoms with E-state index >= 15 is 0 Å². The normalized spacial score (nSPS) is 28.0. The number of amides is 3. The van der Waals surface area contributed by atoms with E-state index in [1.165, 1.54) is 9.80 Å². The summed E-state index contributed by atoms with van der Waals surface area (Å²) < 4.78 is 16.4. The van der Waals surface area contributed by atoms with Crippen molar-refractivity contribution in [3.8, 4) is 17.2 Å². The zero-order valence-corrected chi connectivity index (χ0v) is 19.9. The maximum atomic E-state index is 13.0. The summed E-state index contributed by atoms with van der Waals surface area (Å²) in [6, 6.07) is 3.85. The molecule has 1 saturated carbocycles. The Morgan fingerprint density at radius 2 is 1.56 bits per heavy atom. The van der Waals surface area contributed by atoms with E-state index in [0.29, 0.717) is 30.3 Å². The van der Waals surface area contributed by atoms with E-state index in [4.69, 9.17) is 14.2 Å². The summed E-state index contributed by atoms with van der Waals surface area (Å²) in [4.78, 5) is 43.1. The van der Waals surface area contributed by atoms with Crippen LogP contribution in [0.4, 0.5) is 0 Å². The smallest absolute Gasteiger partial charge is 0.243 e. The Bertz CT molecular complexity index is 1000. The quantitative estimate of drug-likeness (QED) is 0.437. The number of nitrogens with zero attached hydrogens (tertiary/aromatic N) is 2. The predicted octanol–water partition coefficient (Wildman–Crippen LogP) is -0.253. The van der Waals surface area contributed by atoms with Gasteiger partial charge in [0.15, 0.2) is 11.5 Å². The van der Waals surface area contributed by atoms with Gasteiger partial charge in [-0.25, -0.2) is 0 Å². The maximum absolute atomic E-state index is 13.0.